The number of carbonyl (C=O) groups is 2. The number of aryl methyl sites for hydroxylation is 2. The number of nitrogens with zero attached hydrogens (tertiary/aromatic N) is 5. The molecule has 2 heterocycles. The largest absolute Gasteiger partial charge is 0.573 e. The van der Waals surface area contributed by atoms with Gasteiger partial charge in [0, 0.05) is 6.07 Å². The van der Waals surface area contributed by atoms with Crippen LogP contribution in [0.3, 0.4) is 0 Å². The average molecular weight is 659 g/mol. The Hall–Kier alpha value is -4.56. The van der Waals surface area contributed by atoms with Crippen LogP contribution in [0.25, 0.3) is 5.69 Å². The first-order chi connectivity index (χ1) is 21.5. The molecule has 45 heavy (non-hydrogen) atoms. The predicted octanol–water partition coefficient (Wildman–Crippen LogP) is 7.33. The molecule has 1 N–H and O–H groups in total. The van der Waals surface area contributed by atoms with Gasteiger partial charge in [0.2, 0.25) is 5.91 Å². The minimum Gasteiger partial charge on any atom is -0.485 e. The van der Waals surface area contributed by atoms with Crippen LogP contribution in [-0.2, 0) is 17.8 Å². The number of carbonyl (C=O) groups excluding carboxylic acids is 2. The van der Waals surface area contributed by atoms with Crippen molar-refractivity contribution in [2.75, 3.05) is 16.0 Å². The molecule has 15 heteroatoms. The molecule has 0 aliphatic carbocycles. The Balaban J connectivity index is 1.21. The smallest absolute Gasteiger partial charge is 0.485 e. The number of rotatable bonds is 9. The third-order valence-electron chi connectivity index (χ3n) is 6.39. The standard InChI is InChI=1S/C30H26ClF3N6O4S/c1-3-4-19-6-5-18(2)13-25(19)40-27(41)16-45-29(40)37-28(42)36-24-12-11-22(14-23(24)31)43-15-26-35-17-39(38-26)20-7-9-21(10-8-20)44-30(32,33)34/h5-14,17H,3-4,15-16H2,1-2H3,(H,36,42). The monoisotopic (exact) mass is 658 g/mol. The first-order valence-corrected chi connectivity index (χ1v) is 15.0. The van der Waals surface area contributed by atoms with Crippen LogP contribution in [0.2, 0.25) is 5.02 Å². The van der Waals surface area contributed by atoms with Crippen LogP contribution >= 0.6 is 23.4 Å². The number of ether oxygens (including phenoxy) is 2. The molecule has 0 saturated carbocycles. The number of amides is 3. The van der Waals surface area contributed by atoms with Crippen LogP contribution in [0.15, 0.2) is 72.0 Å². The highest BCUT2D eigenvalue weighted by atomic mass is 35.5. The van der Waals surface area contributed by atoms with E-state index in [2.05, 4.69) is 32.1 Å². The molecular formula is C30H26ClF3N6O4S. The average Bonchev–Trinajstić information content (AvgIpc) is 3.60. The van der Waals surface area contributed by atoms with E-state index in [-0.39, 0.29) is 34.2 Å². The second kappa shape index (κ2) is 13.6. The highest BCUT2D eigenvalue weighted by Gasteiger charge is 2.32. The Morgan fingerprint density at radius 2 is 1.87 bits per heavy atom. The fourth-order valence-corrected chi connectivity index (χ4v) is 5.47. The maximum absolute atomic E-state index is 12.9. The fourth-order valence-electron chi connectivity index (χ4n) is 4.40. The zero-order valence-electron chi connectivity index (χ0n) is 24.0. The van der Waals surface area contributed by atoms with Crippen molar-refractivity contribution in [2.24, 2.45) is 4.99 Å². The lowest BCUT2D eigenvalue weighted by molar-refractivity contribution is -0.274. The van der Waals surface area contributed by atoms with Crippen LogP contribution in [0.1, 0.15) is 30.3 Å². The van der Waals surface area contributed by atoms with Gasteiger partial charge in [-0.15, -0.1) is 18.3 Å². The van der Waals surface area contributed by atoms with Crippen molar-refractivity contribution in [1.29, 1.82) is 0 Å². The molecule has 0 radical (unpaired) electrons. The summed E-state index contributed by atoms with van der Waals surface area (Å²) in [5.74, 6) is 0.354. The summed E-state index contributed by atoms with van der Waals surface area (Å²) in [5.41, 5.74) is 3.48. The Morgan fingerprint density at radius 1 is 1.11 bits per heavy atom. The van der Waals surface area contributed by atoms with Crippen LogP contribution < -0.4 is 19.7 Å². The van der Waals surface area contributed by atoms with Crippen molar-refractivity contribution in [1.82, 2.24) is 14.8 Å². The molecule has 0 spiro atoms. The third kappa shape index (κ3) is 8.13. The topological polar surface area (TPSA) is 111 Å². The van der Waals surface area contributed by atoms with Gasteiger partial charge in [0.05, 0.1) is 27.8 Å². The van der Waals surface area contributed by atoms with Crippen LogP contribution in [-0.4, -0.2) is 44.0 Å². The molecule has 1 aliphatic heterocycles. The fraction of sp³-hybridized carbons (Fsp3) is 0.233. The molecule has 4 aromatic rings. The molecule has 1 aliphatic rings. The number of hydrogen-bond acceptors (Lipinski definition) is 7. The van der Waals surface area contributed by atoms with Gasteiger partial charge in [0.1, 0.15) is 24.4 Å². The van der Waals surface area contributed by atoms with Gasteiger partial charge in [0.25, 0.3) is 0 Å². The van der Waals surface area contributed by atoms with E-state index < -0.39 is 12.4 Å². The number of benzene rings is 3. The lowest BCUT2D eigenvalue weighted by Gasteiger charge is -2.20. The first kappa shape index (κ1) is 31.9. The second-order valence-corrected chi connectivity index (χ2v) is 11.2. The number of hydrogen-bond donors (Lipinski definition) is 1. The van der Waals surface area contributed by atoms with Crippen molar-refractivity contribution < 1.29 is 32.2 Å². The van der Waals surface area contributed by atoms with Crippen LogP contribution in [0, 0.1) is 6.92 Å². The molecule has 5 rings (SSSR count). The molecule has 0 atom stereocenters. The van der Waals surface area contributed by atoms with Crippen molar-refractivity contribution >= 4 is 51.8 Å². The number of urea groups is 1. The summed E-state index contributed by atoms with van der Waals surface area (Å²) < 4.78 is 48.1. The summed E-state index contributed by atoms with van der Waals surface area (Å²) >= 11 is 7.59. The summed E-state index contributed by atoms with van der Waals surface area (Å²) in [5, 5.41) is 7.39. The molecule has 1 saturated heterocycles. The Labute approximate surface area is 265 Å². The number of halogens is 4. The molecule has 0 bridgehead atoms. The molecule has 0 unspecified atom stereocenters. The zero-order valence-corrected chi connectivity index (χ0v) is 25.5. The highest BCUT2D eigenvalue weighted by Crippen LogP contribution is 2.32. The minimum atomic E-state index is -4.78. The zero-order chi connectivity index (χ0) is 32.1. The number of aliphatic imine (C=N–C) groups is 1. The van der Waals surface area contributed by atoms with E-state index in [0.717, 1.165) is 29.7 Å². The summed E-state index contributed by atoms with van der Waals surface area (Å²) in [6.45, 7) is 3.97. The Kier molecular flexibility index (Phi) is 9.63. The van der Waals surface area contributed by atoms with Gasteiger partial charge in [-0.3, -0.25) is 9.69 Å². The van der Waals surface area contributed by atoms with Gasteiger partial charge in [-0.25, -0.2) is 14.5 Å². The molecule has 1 aromatic heterocycles. The third-order valence-corrected chi connectivity index (χ3v) is 7.62. The van der Waals surface area contributed by atoms with E-state index in [4.69, 9.17) is 16.3 Å². The van der Waals surface area contributed by atoms with E-state index in [1.807, 2.05) is 25.1 Å². The van der Waals surface area contributed by atoms with E-state index in [1.54, 1.807) is 12.1 Å². The van der Waals surface area contributed by atoms with E-state index in [9.17, 15) is 22.8 Å². The molecule has 234 valence electrons. The van der Waals surface area contributed by atoms with Crippen molar-refractivity contribution in [3.05, 3.63) is 89.0 Å². The Bertz CT molecular complexity index is 1750. The van der Waals surface area contributed by atoms with E-state index in [1.165, 1.54) is 58.0 Å². The van der Waals surface area contributed by atoms with Crippen LogP contribution in [0.5, 0.6) is 11.5 Å². The number of alkyl halides is 3. The number of aromatic nitrogens is 3. The molecule has 1 fully saturated rings. The summed E-state index contributed by atoms with van der Waals surface area (Å²) in [7, 11) is 0. The van der Waals surface area contributed by atoms with Crippen molar-refractivity contribution in [3.63, 3.8) is 0 Å². The van der Waals surface area contributed by atoms with Gasteiger partial charge in [-0.1, -0.05) is 48.8 Å². The maximum Gasteiger partial charge on any atom is 0.573 e. The maximum atomic E-state index is 12.9. The number of thioether (sulfide) groups is 1. The second-order valence-electron chi connectivity index (χ2n) is 9.80. The van der Waals surface area contributed by atoms with Crippen molar-refractivity contribution in [2.45, 2.75) is 39.7 Å². The van der Waals surface area contributed by atoms with Gasteiger partial charge in [-0.05, 0) is 66.9 Å². The SMILES string of the molecule is CCCc1ccc(C)cc1N1C(=O)CSC1=NC(=O)Nc1ccc(OCc2ncn(-c3ccc(OC(F)(F)F)cc3)n2)cc1Cl. The van der Waals surface area contributed by atoms with Gasteiger partial charge >= 0.3 is 12.4 Å². The lowest BCUT2D eigenvalue weighted by atomic mass is 10.0. The normalized spacial score (nSPS) is 14.2. The van der Waals surface area contributed by atoms with Crippen LogP contribution in [0.4, 0.5) is 29.3 Å². The quantitative estimate of drug-likeness (QED) is 0.201. The molecular weight excluding hydrogens is 633 g/mol. The highest BCUT2D eigenvalue weighted by molar-refractivity contribution is 8.15. The molecule has 3 amide bonds. The molecule has 10 nitrogen and oxygen atoms in total. The molecule has 3 aromatic carbocycles. The first-order valence-electron chi connectivity index (χ1n) is 13.6. The van der Waals surface area contributed by atoms with Crippen molar-refractivity contribution in [3.8, 4) is 17.2 Å². The van der Waals surface area contributed by atoms with Gasteiger partial charge in [0.15, 0.2) is 11.0 Å². The van der Waals surface area contributed by atoms with Gasteiger partial charge in [-0.2, -0.15) is 4.99 Å². The lowest BCUT2D eigenvalue weighted by Crippen LogP contribution is -2.31. The number of anilines is 2. The Morgan fingerprint density at radius 3 is 2.58 bits per heavy atom. The summed E-state index contributed by atoms with van der Waals surface area (Å²) in [6, 6.07) is 15.0. The van der Waals surface area contributed by atoms with E-state index in [0.29, 0.717) is 22.9 Å². The summed E-state index contributed by atoms with van der Waals surface area (Å²) in [6.07, 6.45) is -1.70. The predicted molar refractivity (Wildman–Crippen MR) is 165 cm³/mol. The number of nitrogens with one attached hydrogen (secondary N) is 1. The summed E-state index contributed by atoms with van der Waals surface area (Å²) in [4.78, 5) is 35.5. The number of amidine groups is 1. The van der Waals surface area contributed by atoms with E-state index >= 15 is 0 Å². The minimum absolute atomic E-state index is 0.0297. The van der Waals surface area contributed by atoms with Gasteiger partial charge < -0.3 is 14.8 Å².